The second-order valence-electron chi connectivity index (χ2n) is 7.67. The van der Waals surface area contributed by atoms with Gasteiger partial charge in [-0.1, -0.05) is 64.1 Å². The van der Waals surface area contributed by atoms with Crippen molar-refractivity contribution in [2.75, 3.05) is 13.1 Å². The van der Waals surface area contributed by atoms with Gasteiger partial charge in [0.15, 0.2) is 0 Å². The lowest BCUT2D eigenvalue weighted by molar-refractivity contribution is 0.0759. The normalized spacial score (nSPS) is 14.0. The highest BCUT2D eigenvalue weighted by Gasteiger charge is 2.28. The molecule has 0 bridgehead atoms. The molecule has 6 nitrogen and oxygen atoms in total. The van der Waals surface area contributed by atoms with Crippen LogP contribution in [0.4, 0.5) is 0 Å². The number of carbonyl (C=O) groups is 1. The molecule has 2 unspecified atom stereocenters. The lowest BCUT2D eigenvalue weighted by Gasteiger charge is -2.28. The Kier molecular flexibility index (Phi) is 8.18. The number of sulfonamides is 1. The van der Waals surface area contributed by atoms with Gasteiger partial charge in [-0.3, -0.25) is 4.79 Å². The van der Waals surface area contributed by atoms with Gasteiger partial charge in [0.25, 0.3) is 5.91 Å². The summed E-state index contributed by atoms with van der Waals surface area (Å²) in [6.45, 7) is 9.83. The predicted octanol–water partition coefficient (Wildman–Crippen LogP) is 3.51. The van der Waals surface area contributed by atoms with Gasteiger partial charge < -0.3 is 10.4 Å². The van der Waals surface area contributed by atoms with Crippen LogP contribution in [-0.2, 0) is 10.0 Å². The van der Waals surface area contributed by atoms with E-state index in [4.69, 9.17) is 0 Å². The molecular weight excluding hydrogens is 400 g/mol. The van der Waals surface area contributed by atoms with E-state index in [0.29, 0.717) is 24.2 Å². The van der Waals surface area contributed by atoms with Gasteiger partial charge in [0.2, 0.25) is 10.0 Å². The summed E-state index contributed by atoms with van der Waals surface area (Å²) in [4.78, 5) is 13.1. The minimum atomic E-state index is -3.69. The van der Waals surface area contributed by atoms with E-state index in [1.54, 1.807) is 32.9 Å². The standard InChI is InChI=1S/C23H32N2O4S/c1-6-25(7-2)30(28,29)20-15-19(14-13-17(20)5)23(27)24-21(16(3)4)22(26)18-11-9-8-10-12-18/h8-16,21-22,26H,6-7H2,1-5H3,(H,24,27). The minimum Gasteiger partial charge on any atom is -0.386 e. The highest BCUT2D eigenvalue weighted by molar-refractivity contribution is 7.89. The van der Waals surface area contributed by atoms with E-state index in [2.05, 4.69) is 5.32 Å². The first-order valence-corrected chi connectivity index (χ1v) is 11.7. The van der Waals surface area contributed by atoms with Gasteiger partial charge in [-0.25, -0.2) is 8.42 Å². The molecular formula is C23H32N2O4S. The summed E-state index contributed by atoms with van der Waals surface area (Å²) < 4.78 is 27.3. The average molecular weight is 433 g/mol. The molecule has 2 aromatic rings. The molecule has 0 aromatic heterocycles. The molecule has 0 saturated carbocycles. The van der Waals surface area contributed by atoms with Crippen LogP contribution in [0.15, 0.2) is 53.4 Å². The Hall–Kier alpha value is -2.22. The van der Waals surface area contributed by atoms with Crippen LogP contribution in [0.1, 0.15) is 55.3 Å². The Balaban J connectivity index is 2.34. The fourth-order valence-electron chi connectivity index (χ4n) is 3.42. The maximum Gasteiger partial charge on any atom is 0.251 e. The van der Waals surface area contributed by atoms with Crippen molar-refractivity contribution in [3.8, 4) is 0 Å². The summed E-state index contributed by atoms with van der Waals surface area (Å²) in [6, 6.07) is 13.3. The largest absolute Gasteiger partial charge is 0.386 e. The lowest BCUT2D eigenvalue weighted by atomic mass is 9.93. The summed E-state index contributed by atoms with van der Waals surface area (Å²) in [6.07, 6.45) is -0.875. The van der Waals surface area contributed by atoms with Crippen LogP contribution in [0.5, 0.6) is 0 Å². The van der Waals surface area contributed by atoms with Crippen LogP contribution < -0.4 is 5.32 Å². The first kappa shape index (κ1) is 24.1. The molecule has 0 heterocycles. The summed E-state index contributed by atoms with van der Waals surface area (Å²) in [5.41, 5.74) is 1.55. The smallest absolute Gasteiger partial charge is 0.251 e. The Morgan fingerprint density at radius 3 is 2.20 bits per heavy atom. The number of amides is 1. The van der Waals surface area contributed by atoms with Crippen molar-refractivity contribution in [1.82, 2.24) is 9.62 Å². The number of rotatable bonds is 9. The number of hydrogen-bond acceptors (Lipinski definition) is 4. The van der Waals surface area contributed by atoms with Crippen LogP contribution >= 0.6 is 0 Å². The molecule has 2 aromatic carbocycles. The fraction of sp³-hybridized carbons (Fsp3) is 0.435. The maximum atomic E-state index is 13.0. The lowest BCUT2D eigenvalue weighted by Crippen LogP contribution is -2.43. The van der Waals surface area contributed by atoms with Crippen molar-refractivity contribution >= 4 is 15.9 Å². The summed E-state index contributed by atoms with van der Waals surface area (Å²) in [7, 11) is -3.69. The zero-order chi connectivity index (χ0) is 22.5. The first-order valence-electron chi connectivity index (χ1n) is 10.3. The highest BCUT2D eigenvalue weighted by atomic mass is 32.2. The van der Waals surface area contributed by atoms with Crippen molar-refractivity contribution in [2.45, 2.75) is 51.7 Å². The molecule has 2 atom stereocenters. The number of nitrogens with zero attached hydrogens (tertiary/aromatic N) is 1. The third-order valence-corrected chi connectivity index (χ3v) is 7.46. The van der Waals surface area contributed by atoms with Crippen LogP contribution in [0.25, 0.3) is 0 Å². The van der Waals surface area contributed by atoms with Crippen molar-refractivity contribution in [3.05, 3.63) is 65.2 Å². The van der Waals surface area contributed by atoms with Gasteiger partial charge >= 0.3 is 0 Å². The Morgan fingerprint density at radius 1 is 1.07 bits per heavy atom. The Bertz CT molecular complexity index is 954. The van der Waals surface area contributed by atoms with Gasteiger partial charge in [-0.15, -0.1) is 0 Å². The molecule has 2 rings (SSSR count). The van der Waals surface area contributed by atoms with Crippen molar-refractivity contribution in [1.29, 1.82) is 0 Å². The van der Waals surface area contributed by atoms with Gasteiger partial charge in [-0.05, 0) is 36.1 Å². The van der Waals surface area contributed by atoms with E-state index in [-0.39, 0.29) is 16.4 Å². The van der Waals surface area contributed by atoms with Crippen LogP contribution in [0.2, 0.25) is 0 Å². The topological polar surface area (TPSA) is 86.7 Å². The van der Waals surface area contributed by atoms with Crippen molar-refractivity contribution in [2.24, 2.45) is 5.92 Å². The van der Waals surface area contributed by atoms with E-state index in [9.17, 15) is 18.3 Å². The molecule has 0 aliphatic carbocycles. The number of aliphatic hydroxyl groups is 1. The van der Waals surface area contributed by atoms with Crippen molar-refractivity contribution < 1.29 is 18.3 Å². The third-order valence-electron chi connectivity index (χ3n) is 5.27. The van der Waals surface area contributed by atoms with Gasteiger partial charge in [0, 0.05) is 18.7 Å². The van der Waals surface area contributed by atoms with Gasteiger partial charge in [-0.2, -0.15) is 4.31 Å². The average Bonchev–Trinajstić information content (AvgIpc) is 2.72. The summed E-state index contributed by atoms with van der Waals surface area (Å²) in [5.74, 6) is -0.451. The Labute approximate surface area is 180 Å². The van der Waals surface area contributed by atoms with Gasteiger partial charge in [0.05, 0.1) is 17.0 Å². The number of benzene rings is 2. The SMILES string of the molecule is CCN(CC)S(=O)(=O)c1cc(C(=O)NC(C(C)C)C(O)c2ccccc2)ccc1C. The highest BCUT2D eigenvalue weighted by Crippen LogP contribution is 2.24. The van der Waals surface area contributed by atoms with E-state index in [1.807, 2.05) is 44.2 Å². The van der Waals surface area contributed by atoms with Crippen LogP contribution in [-0.4, -0.2) is 42.9 Å². The minimum absolute atomic E-state index is 0.0338. The van der Waals surface area contributed by atoms with Crippen LogP contribution in [0.3, 0.4) is 0 Å². The number of hydrogen-bond donors (Lipinski definition) is 2. The molecule has 1 amide bonds. The third kappa shape index (κ3) is 5.28. The maximum absolute atomic E-state index is 13.0. The molecule has 7 heteroatoms. The Morgan fingerprint density at radius 2 is 1.67 bits per heavy atom. The fourth-order valence-corrected chi connectivity index (χ4v) is 5.13. The number of carbonyl (C=O) groups excluding carboxylic acids is 1. The second-order valence-corrected chi connectivity index (χ2v) is 9.57. The molecule has 0 radical (unpaired) electrons. The van der Waals surface area contributed by atoms with Crippen molar-refractivity contribution in [3.63, 3.8) is 0 Å². The molecule has 2 N–H and O–H groups in total. The first-order chi connectivity index (χ1) is 14.1. The van der Waals surface area contributed by atoms with E-state index in [1.165, 1.54) is 10.4 Å². The quantitative estimate of drug-likeness (QED) is 0.635. The van der Waals surface area contributed by atoms with E-state index < -0.39 is 28.1 Å². The monoisotopic (exact) mass is 432 g/mol. The number of aryl methyl sites for hydroxylation is 1. The molecule has 0 fully saturated rings. The summed E-state index contributed by atoms with van der Waals surface area (Å²) >= 11 is 0. The van der Waals surface area contributed by atoms with Gasteiger partial charge in [0.1, 0.15) is 0 Å². The molecule has 0 aliphatic heterocycles. The molecule has 0 aliphatic rings. The molecule has 0 saturated heterocycles. The van der Waals surface area contributed by atoms with E-state index in [0.717, 1.165) is 0 Å². The summed E-state index contributed by atoms with van der Waals surface area (Å²) in [5, 5.41) is 13.7. The molecule has 0 spiro atoms. The van der Waals surface area contributed by atoms with E-state index >= 15 is 0 Å². The number of nitrogens with one attached hydrogen (secondary N) is 1. The van der Waals surface area contributed by atoms with Crippen LogP contribution in [0, 0.1) is 12.8 Å². The predicted molar refractivity (Wildman–Crippen MR) is 119 cm³/mol. The number of aliphatic hydroxyl groups excluding tert-OH is 1. The zero-order valence-corrected chi connectivity index (χ0v) is 19.1. The molecule has 30 heavy (non-hydrogen) atoms. The zero-order valence-electron chi connectivity index (χ0n) is 18.3. The molecule has 164 valence electrons. The second kappa shape index (κ2) is 10.2.